The number of anilines is 3. The third kappa shape index (κ3) is 4.91. The van der Waals surface area contributed by atoms with Crippen molar-refractivity contribution in [1.82, 2.24) is 10.4 Å². The molecule has 30 heavy (non-hydrogen) atoms. The Morgan fingerprint density at radius 2 is 1.67 bits per heavy atom. The number of nitrogens with one attached hydrogen (secondary N) is 2. The number of hydrogen-bond acceptors (Lipinski definition) is 5. The second kappa shape index (κ2) is 9.17. The van der Waals surface area contributed by atoms with Crippen LogP contribution >= 0.6 is 0 Å². The first-order valence-corrected chi connectivity index (χ1v) is 10.6. The lowest BCUT2D eigenvalue weighted by atomic mass is 10.1. The fourth-order valence-corrected chi connectivity index (χ4v) is 4.01. The van der Waals surface area contributed by atoms with E-state index in [-0.39, 0.29) is 25.4 Å². The predicted octanol–water partition coefficient (Wildman–Crippen LogP) is 3.27. The maximum Gasteiger partial charge on any atom is 0.251 e. The van der Waals surface area contributed by atoms with Crippen LogP contribution < -0.4 is 15.5 Å². The third-order valence-electron chi connectivity index (χ3n) is 5.74. The summed E-state index contributed by atoms with van der Waals surface area (Å²) in [6.07, 6.45) is 3.98. The first-order chi connectivity index (χ1) is 14.6. The van der Waals surface area contributed by atoms with Crippen LogP contribution in [-0.2, 0) is 16.1 Å². The van der Waals surface area contributed by atoms with Gasteiger partial charge < -0.3 is 15.5 Å². The molecule has 2 saturated heterocycles. The third-order valence-corrected chi connectivity index (χ3v) is 5.74. The maximum absolute atomic E-state index is 12.2. The molecule has 0 aliphatic carbocycles. The molecule has 1 unspecified atom stereocenters. The first-order valence-electron chi connectivity index (χ1n) is 10.6. The highest BCUT2D eigenvalue weighted by molar-refractivity contribution is 5.88. The van der Waals surface area contributed by atoms with Crippen molar-refractivity contribution in [3.05, 3.63) is 54.1 Å². The van der Waals surface area contributed by atoms with E-state index in [0.717, 1.165) is 30.0 Å². The SMILES string of the molecule is O=C1CC(C(=O)N(O)Cc2ccc(Nc3ccc(N4CCCCC4)cc3)cc2)CN1. The molecule has 1 atom stereocenters. The second-order valence-electron chi connectivity index (χ2n) is 8.02. The molecule has 2 aliphatic heterocycles. The number of carbonyl (C=O) groups is 2. The van der Waals surface area contributed by atoms with Crippen molar-refractivity contribution in [3.63, 3.8) is 0 Å². The Labute approximate surface area is 176 Å². The van der Waals surface area contributed by atoms with Crippen LogP contribution in [0.15, 0.2) is 48.5 Å². The van der Waals surface area contributed by atoms with Crippen molar-refractivity contribution >= 4 is 28.9 Å². The Balaban J connectivity index is 1.31. The molecule has 2 aromatic carbocycles. The molecule has 2 aromatic rings. The van der Waals surface area contributed by atoms with Crippen molar-refractivity contribution < 1.29 is 14.8 Å². The normalized spacial score (nSPS) is 18.8. The highest BCUT2D eigenvalue weighted by atomic mass is 16.5. The number of rotatable bonds is 6. The van der Waals surface area contributed by atoms with E-state index in [1.54, 1.807) is 0 Å². The maximum atomic E-state index is 12.2. The van der Waals surface area contributed by atoms with E-state index in [1.807, 2.05) is 24.3 Å². The molecule has 0 spiro atoms. The van der Waals surface area contributed by atoms with Crippen molar-refractivity contribution in [1.29, 1.82) is 0 Å². The van der Waals surface area contributed by atoms with Gasteiger partial charge in [0.1, 0.15) is 0 Å². The van der Waals surface area contributed by atoms with E-state index in [4.69, 9.17) is 0 Å². The zero-order chi connectivity index (χ0) is 20.9. The topological polar surface area (TPSA) is 84.9 Å². The molecule has 2 heterocycles. The van der Waals surface area contributed by atoms with Gasteiger partial charge in [-0.05, 0) is 61.2 Å². The van der Waals surface area contributed by atoms with Crippen molar-refractivity contribution in [3.8, 4) is 0 Å². The van der Waals surface area contributed by atoms with Crippen LogP contribution in [0.2, 0.25) is 0 Å². The number of piperidine rings is 1. The molecule has 0 bridgehead atoms. The number of nitrogens with zero attached hydrogens (tertiary/aromatic N) is 2. The molecule has 2 aliphatic rings. The van der Waals surface area contributed by atoms with E-state index in [0.29, 0.717) is 5.06 Å². The van der Waals surface area contributed by atoms with E-state index in [2.05, 4.69) is 39.8 Å². The highest BCUT2D eigenvalue weighted by Crippen LogP contribution is 2.24. The van der Waals surface area contributed by atoms with E-state index in [9.17, 15) is 14.8 Å². The standard InChI is InChI=1S/C23H28N4O3/c28-22-14-18(15-24-22)23(29)27(30)16-17-4-6-19(7-5-17)25-20-8-10-21(11-9-20)26-12-2-1-3-13-26/h4-11,18,25,30H,1-3,12-16H2,(H,24,28). The lowest BCUT2D eigenvalue weighted by molar-refractivity contribution is -0.172. The lowest BCUT2D eigenvalue weighted by Crippen LogP contribution is -2.34. The Bertz CT molecular complexity index is 876. The van der Waals surface area contributed by atoms with Gasteiger partial charge in [-0.15, -0.1) is 0 Å². The Morgan fingerprint density at radius 3 is 2.27 bits per heavy atom. The van der Waals surface area contributed by atoms with E-state index in [1.165, 1.54) is 24.9 Å². The summed E-state index contributed by atoms with van der Waals surface area (Å²) in [5.74, 6) is -1.07. The first kappa shape index (κ1) is 20.2. The van der Waals surface area contributed by atoms with Gasteiger partial charge in [0.25, 0.3) is 5.91 Å². The van der Waals surface area contributed by atoms with Crippen LogP contribution in [0.25, 0.3) is 0 Å². The molecule has 0 aromatic heterocycles. The fraction of sp³-hybridized carbons (Fsp3) is 0.391. The molecule has 3 N–H and O–H groups in total. The molecule has 0 saturated carbocycles. The monoisotopic (exact) mass is 408 g/mol. The van der Waals surface area contributed by atoms with Gasteiger partial charge in [-0.25, -0.2) is 5.06 Å². The van der Waals surface area contributed by atoms with Gasteiger partial charge in [-0.3, -0.25) is 14.8 Å². The quantitative estimate of drug-likeness (QED) is 0.505. The van der Waals surface area contributed by atoms with Crippen LogP contribution in [0.4, 0.5) is 17.1 Å². The number of hydroxylamine groups is 2. The number of benzene rings is 2. The van der Waals surface area contributed by atoms with Gasteiger partial charge in [-0.1, -0.05) is 12.1 Å². The predicted molar refractivity (Wildman–Crippen MR) is 116 cm³/mol. The van der Waals surface area contributed by atoms with Gasteiger partial charge in [-0.2, -0.15) is 0 Å². The number of carbonyl (C=O) groups excluding carboxylic acids is 2. The molecule has 158 valence electrons. The largest absolute Gasteiger partial charge is 0.372 e. The number of hydrogen-bond donors (Lipinski definition) is 3. The minimum Gasteiger partial charge on any atom is -0.372 e. The average molecular weight is 409 g/mol. The fourth-order valence-electron chi connectivity index (χ4n) is 4.01. The Morgan fingerprint density at radius 1 is 1.03 bits per heavy atom. The van der Waals surface area contributed by atoms with Gasteiger partial charge in [0.05, 0.1) is 12.5 Å². The summed E-state index contributed by atoms with van der Waals surface area (Å²) in [4.78, 5) is 25.9. The van der Waals surface area contributed by atoms with Crippen molar-refractivity contribution in [2.75, 3.05) is 29.9 Å². The van der Waals surface area contributed by atoms with Gasteiger partial charge in [0, 0.05) is 43.1 Å². The smallest absolute Gasteiger partial charge is 0.251 e. The molecule has 2 fully saturated rings. The van der Waals surface area contributed by atoms with Crippen LogP contribution in [0, 0.1) is 5.92 Å². The second-order valence-corrected chi connectivity index (χ2v) is 8.02. The number of amides is 2. The summed E-state index contributed by atoms with van der Waals surface area (Å²) in [6, 6.07) is 16.1. The molecule has 7 nitrogen and oxygen atoms in total. The molecule has 0 radical (unpaired) electrons. The summed E-state index contributed by atoms with van der Waals surface area (Å²) in [5, 5.41) is 16.8. The van der Waals surface area contributed by atoms with Gasteiger partial charge >= 0.3 is 0 Å². The zero-order valence-electron chi connectivity index (χ0n) is 17.0. The summed E-state index contributed by atoms with van der Waals surface area (Å²) >= 11 is 0. The van der Waals surface area contributed by atoms with Gasteiger partial charge in [0.2, 0.25) is 5.91 Å². The minimum atomic E-state index is -0.489. The van der Waals surface area contributed by atoms with Crippen LogP contribution in [0.5, 0.6) is 0 Å². The van der Waals surface area contributed by atoms with E-state index >= 15 is 0 Å². The van der Waals surface area contributed by atoms with Gasteiger partial charge in [0.15, 0.2) is 0 Å². The molecule has 4 rings (SSSR count). The Hall–Kier alpha value is -3.06. The van der Waals surface area contributed by atoms with Crippen LogP contribution in [0.3, 0.4) is 0 Å². The highest BCUT2D eigenvalue weighted by Gasteiger charge is 2.31. The minimum absolute atomic E-state index is 0.0916. The van der Waals surface area contributed by atoms with Crippen molar-refractivity contribution in [2.45, 2.75) is 32.2 Å². The molecule has 2 amide bonds. The summed E-state index contributed by atoms with van der Waals surface area (Å²) in [5.41, 5.74) is 4.03. The van der Waals surface area contributed by atoms with E-state index < -0.39 is 11.8 Å². The molecule has 7 heteroatoms. The summed E-state index contributed by atoms with van der Waals surface area (Å²) < 4.78 is 0. The lowest BCUT2D eigenvalue weighted by Gasteiger charge is -2.28. The zero-order valence-corrected chi connectivity index (χ0v) is 17.0. The summed E-state index contributed by atoms with van der Waals surface area (Å²) in [6.45, 7) is 2.64. The summed E-state index contributed by atoms with van der Waals surface area (Å²) in [7, 11) is 0. The average Bonchev–Trinajstić information content (AvgIpc) is 3.22. The van der Waals surface area contributed by atoms with Crippen LogP contribution in [0.1, 0.15) is 31.2 Å². The molecular formula is C23H28N4O3. The van der Waals surface area contributed by atoms with Crippen LogP contribution in [-0.4, -0.2) is 41.7 Å². The Kier molecular flexibility index (Phi) is 6.18. The van der Waals surface area contributed by atoms with Crippen molar-refractivity contribution in [2.24, 2.45) is 5.92 Å². The molecular weight excluding hydrogens is 380 g/mol.